The molecule has 1 aromatic carbocycles. The molecule has 0 bridgehead atoms. The number of carbonyl (C=O) groups is 1. The second kappa shape index (κ2) is 6.80. The molecule has 0 aliphatic carbocycles. The summed E-state index contributed by atoms with van der Waals surface area (Å²) in [7, 11) is 0. The third kappa shape index (κ3) is 3.72. The van der Waals surface area contributed by atoms with Crippen LogP contribution in [-0.4, -0.2) is 30.8 Å². The van der Waals surface area contributed by atoms with Crippen molar-refractivity contribution in [3.8, 4) is 0 Å². The molecule has 1 aromatic heterocycles. The average Bonchev–Trinajstić information content (AvgIpc) is 2.88. The van der Waals surface area contributed by atoms with Crippen molar-refractivity contribution in [2.75, 3.05) is 25.1 Å². The maximum absolute atomic E-state index is 11.7. The van der Waals surface area contributed by atoms with E-state index in [-0.39, 0.29) is 6.03 Å². The molecule has 0 atom stereocenters. The van der Waals surface area contributed by atoms with Gasteiger partial charge in [0.1, 0.15) is 0 Å². The summed E-state index contributed by atoms with van der Waals surface area (Å²) < 4.78 is 5.20. The van der Waals surface area contributed by atoms with Crippen LogP contribution in [0.5, 0.6) is 0 Å². The Kier molecular flexibility index (Phi) is 4.80. The number of anilines is 1. The Morgan fingerprint density at radius 2 is 2.26 bits per heavy atom. The van der Waals surface area contributed by atoms with Crippen molar-refractivity contribution in [3.05, 3.63) is 30.5 Å². The van der Waals surface area contributed by atoms with Gasteiger partial charge in [0.2, 0.25) is 0 Å². The van der Waals surface area contributed by atoms with Gasteiger partial charge in [0.25, 0.3) is 0 Å². The quantitative estimate of drug-likeness (QED) is 0.700. The van der Waals surface area contributed by atoms with Gasteiger partial charge < -0.3 is 20.4 Å². The first kappa shape index (κ1) is 13.4. The zero-order valence-electron chi connectivity index (χ0n) is 11.0. The molecule has 0 fully saturated rings. The summed E-state index contributed by atoms with van der Waals surface area (Å²) in [4.78, 5) is 14.8. The predicted molar refractivity (Wildman–Crippen MR) is 76.4 cm³/mol. The highest BCUT2D eigenvalue weighted by Gasteiger charge is 2.05. The lowest BCUT2D eigenvalue weighted by molar-refractivity contribution is 0.145. The highest BCUT2D eigenvalue weighted by atomic mass is 16.5. The number of carbonyl (C=O) groups excluding carboxylic acids is 1. The fourth-order valence-corrected chi connectivity index (χ4v) is 1.88. The lowest BCUT2D eigenvalue weighted by atomic mass is 10.2. The second-order valence-corrected chi connectivity index (χ2v) is 4.18. The molecule has 2 aromatic rings. The molecule has 0 saturated carbocycles. The Hall–Kier alpha value is -2.01. The topological polar surface area (TPSA) is 66.2 Å². The molecule has 0 spiro atoms. The second-order valence-electron chi connectivity index (χ2n) is 4.18. The summed E-state index contributed by atoms with van der Waals surface area (Å²) in [6.45, 7) is 3.94. The minimum absolute atomic E-state index is 0.190. The zero-order valence-corrected chi connectivity index (χ0v) is 11.0. The van der Waals surface area contributed by atoms with Gasteiger partial charge in [-0.1, -0.05) is 6.07 Å². The molecule has 5 nitrogen and oxygen atoms in total. The number of amides is 2. The van der Waals surface area contributed by atoms with Gasteiger partial charge in [-0.15, -0.1) is 0 Å². The smallest absolute Gasteiger partial charge is 0.319 e. The minimum Gasteiger partial charge on any atom is -0.382 e. The Balaban J connectivity index is 1.83. The van der Waals surface area contributed by atoms with Crippen molar-refractivity contribution < 1.29 is 9.53 Å². The van der Waals surface area contributed by atoms with Crippen LogP contribution < -0.4 is 10.6 Å². The summed E-state index contributed by atoms with van der Waals surface area (Å²) in [5, 5.41) is 6.66. The van der Waals surface area contributed by atoms with Crippen LogP contribution in [0.2, 0.25) is 0 Å². The minimum atomic E-state index is -0.190. The molecule has 2 amide bonds. The normalized spacial score (nSPS) is 10.6. The van der Waals surface area contributed by atoms with Gasteiger partial charge in [0.15, 0.2) is 0 Å². The lowest BCUT2D eigenvalue weighted by Crippen LogP contribution is -2.30. The van der Waals surface area contributed by atoms with E-state index in [9.17, 15) is 4.79 Å². The third-order valence-electron chi connectivity index (χ3n) is 2.80. The lowest BCUT2D eigenvalue weighted by Gasteiger charge is -2.08. The summed E-state index contributed by atoms with van der Waals surface area (Å²) in [5.74, 6) is 0. The number of aromatic amines is 1. The Labute approximate surface area is 112 Å². The maximum Gasteiger partial charge on any atom is 0.319 e. The van der Waals surface area contributed by atoms with E-state index in [2.05, 4.69) is 15.6 Å². The van der Waals surface area contributed by atoms with E-state index < -0.39 is 0 Å². The summed E-state index contributed by atoms with van der Waals surface area (Å²) in [6, 6.07) is 7.52. The zero-order chi connectivity index (χ0) is 13.5. The first-order valence-corrected chi connectivity index (χ1v) is 6.50. The van der Waals surface area contributed by atoms with Crippen molar-refractivity contribution in [1.82, 2.24) is 10.3 Å². The van der Waals surface area contributed by atoms with E-state index in [4.69, 9.17) is 4.74 Å². The summed E-state index contributed by atoms with van der Waals surface area (Å²) >= 11 is 0. The van der Waals surface area contributed by atoms with Crippen molar-refractivity contribution in [1.29, 1.82) is 0 Å². The molecule has 0 saturated heterocycles. The first-order valence-electron chi connectivity index (χ1n) is 6.50. The molecule has 0 aliphatic heterocycles. The SMILES string of the molecule is CCOCCCNC(=O)Nc1cccc2[nH]ccc12. The molecule has 0 unspecified atom stereocenters. The van der Waals surface area contributed by atoms with Gasteiger partial charge in [-0.2, -0.15) is 0 Å². The molecule has 1 heterocycles. The number of nitrogens with one attached hydrogen (secondary N) is 3. The van der Waals surface area contributed by atoms with Gasteiger partial charge in [0, 0.05) is 36.9 Å². The van der Waals surface area contributed by atoms with Gasteiger partial charge in [-0.25, -0.2) is 4.79 Å². The van der Waals surface area contributed by atoms with Crippen molar-refractivity contribution in [2.24, 2.45) is 0 Å². The molecular weight excluding hydrogens is 242 g/mol. The number of hydrogen-bond acceptors (Lipinski definition) is 2. The molecular formula is C14H19N3O2. The van der Waals surface area contributed by atoms with E-state index in [1.165, 1.54) is 0 Å². The van der Waals surface area contributed by atoms with E-state index in [1.807, 2.05) is 37.4 Å². The Morgan fingerprint density at radius 1 is 1.37 bits per heavy atom. The predicted octanol–water partition coefficient (Wildman–Crippen LogP) is 2.72. The van der Waals surface area contributed by atoms with Crippen molar-refractivity contribution in [2.45, 2.75) is 13.3 Å². The average molecular weight is 261 g/mol. The molecule has 102 valence electrons. The molecule has 0 aliphatic rings. The number of hydrogen-bond donors (Lipinski definition) is 3. The number of fused-ring (bicyclic) bond motifs is 1. The van der Waals surface area contributed by atoms with Crippen LogP contribution in [0.25, 0.3) is 10.9 Å². The highest BCUT2D eigenvalue weighted by molar-refractivity contribution is 6.00. The van der Waals surface area contributed by atoms with Crippen molar-refractivity contribution in [3.63, 3.8) is 0 Å². The maximum atomic E-state index is 11.7. The van der Waals surface area contributed by atoms with Crippen LogP contribution in [0.3, 0.4) is 0 Å². The van der Waals surface area contributed by atoms with Crippen LogP contribution in [0.15, 0.2) is 30.5 Å². The number of H-pyrrole nitrogens is 1. The van der Waals surface area contributed by atoms with Gasteiger partial charge >= 0.3 is 6.03 Å². The molecule has 2 rings (SSSR count). The number of urea groups is 1. The number of ether oxygens (including phenoxy) is 1. The standard InChI is InChI=1S/C14H19N3O2/c1-2-19-10-4-8-16-14(18)17-13-6-3-5-12-11(13)7-9-15-12/h3,5-7,9,15H,2,4,8,10H2,1H3,(H2,16,17,18). The Bertz CT molecular complexity index is 536. The molecule has 0 radical (unpaired) electrons. The van der Waals surface area contributed by atoms with Crippen LogP contribution in [0.1, 0.15) is 13.3 Å². The number of aromatic nitrogens is 1. The van der Waals surface area contributed by atoms with E-state index in [1.54, 1.807) is 0 Å². The Morgan fingerprint density at radius 3 is 3.11 bits per heavy atom. The van der Waals surface area contributed by atoms with Gasteiger partial charge in [0.05, 0.1) is 5.69 Å². The van der Waals surface area contributed by atoms with E-state index >= 15 is 0 Å². The summed E-state index contributed by atoms with van der Waals surface area (Å²) in [6.07, 6.45) is 2.67. The van der Waals surface area contributed by atoms with Crippen LogP contribution in [0, 0.1) is 0 Å². The first-order chi connectivity index (χ1) is 9.31. The van der Waals surface area contributed by atoms with Crippen LogP contribution in [-0.2, 0) is 4.74 Å². The number of rotatable bonds is 6. The van der Waals surface area contributed by atoms with Gasteiger partial charge in [-0.05, 0) is 31.5 Å². The van der Waals surface area contributed by atoms with E-state index in [0.29, 0.717) is 19.8 Å². The monoisotopic (exact) mass is 261 g/mol. The molecule has 5 heteroatoms. The summed E-state index contributed by atoms with van der Waals surface area (Å²) in [5.41, 5.74) is 1.82. The highest BCUT2D eigenvalue weighted by Crippen LogP contribution is 2.21. The van der Waals surface area contributed by atoms with E-state index in [0.717, 1.165) is 23.0 Å². The third-order valence-corrected chi connectivity index (χ3v) is 2.80. The number of benzene rings is 1. The van der Waals surface area contributed by atoms with Crippen LogP contribution >= 0.6 is 0 Å². The van der Waals surface area contributed by atoms with Crippen LogP contribution in [0.4, 0.5) is 10.5 Å². The fraction of sp³-hybridized carbons (Fsp3) is 0.357. The van der Waals surface area contributed by atoms with Crippen molar-refractivity contribution >= 4 is 22.6 Å². The molecule has 3 N–H and O–H groups in total. The molecule has 19 heavy (non-hydrogen) atoms. The van der Waals surface area contributed by atoms with Gasteiger partial charge in [-0.3, -0.25) is 0 Å². The largest absolute Gasteiger partial charge is 0.382 e. The fourth-order valence-electron chi connectivity index (χ4n) is 1.88.